The molecule has 2 aliphatic rings. The minimum absolute atomic E-state index is 0.0162. The molecule has 0 radical (unpaired) electrons. The number of carboxylic acid groups (broad SMARTS) is 1. The maximum absolute atomic E-state index is 15.4. The lowest BCUT2D eigenvalue weighted by atomic mass is 9.81. The Morgan fingerprint density at radius 2 is 2.12 bits per heavy atom. The molecule has 1 saturated carbocycles. The van der Waals surface area contributed by atoms with Crippen LogP contribution in [0.3, 0.4) is 0 Å². The fourth-order valence-corrected chi connectivity index (χ4v) is 6.85. The lowest BCUT2D eigenvalue weighted by Crippen LogP contribution is -2.44. The molecule has 5 nitrogen and oxygen atoms in total. The van der Waals surface area contributed by atoms with Crippen molar-refractivity contribution in [2.45, 2.75) is 62.8 Å². The number of fused-ring (bicyclic) bond motifs is 1. The van der Waals surface area contributed by atoms with E-state index in [0.717, 1.165) is 47.8 Å². The van der Waals surface area contributed by atoms with Gasteiger partial charge in [-0.05, 0) is 93.1 Å². The van der Waals surface area contributed by atoms with E-state index in [0.29, 0.717) is 30.7 Å². The Hall–Kier alpha value is -1.86. The SMILES string of the molecule is COc1ccc2nccc([C@H](F)CC[C@@H]3CCN(CCCSC4CCCC4)C[C@@H]3C(=O)O)c2c1. The minimum atomic E-state index is -1.15. The zero-order valence-electron chi connectivity index (χ0n) is 20.1. The molecule has 2 aromatic rings. The zero-order chi connectivity index (χ0) is 23.9. The highest BCUT2D eigenvalue weighted by molar-refractivity contribution is 7.99. The third-order valence-electron chi connectivity index (χ3n) is 7.54. The number of piperidine rings is 1. The number of hydrogen-bond acceptors (Lipinski definition) is 5. The molecule has 0 spiro atoms. The van der Waals surface area contributed by atoms with E-state index in [9.17, 15) is 9.90 Å². The Morgan fingerprint density at radius 3 is 2.88 bits per heavy atom. The third kappa shape index (κ3) is 6.42. The summed E-state index contributed by atoms with van der Waals surface area (Å²) in [5, 5.41) is 11.5. The van der Waals surface area contributed by atoms with Crippen molar-refractivity contribution in [3.8, 4) is 5.75 Å². The molecule has 34 heavy (non-hydrogen) atoms. The summed E-state index contributed by atoms with van der Waals surface area (Å²) < 4.78 is 20.7. The van der Waals surface area contributed by atoms with Gasteiger partial charge < -0.3 is 14.7 Å². The van der Waals surface area contributed by atoms with E-state index in [1.807, 2.05) is 18.2 Å². The van der Waals surface area contributed by atoms with Crippen LogP contribution < -0.4 is 4.74 Å². The number of nitrogens with zero attached hydrogens (tertiary/aromatic N) is 2. The van der Waals surface area contributed by atoms with Gasteiger partial charge in [-0.15, -0.1) is 0 Å². The number of alkyl halides is 1. The quantitative estimate of drug-likeness (QED) is 0.384. The summed E-state index contributed by atoms with van der Waals surface area (Å²) >= 11 is 2.10. The van der Waals surface area contributed by atoms with Gasteiger partial charge in [-0.1, -0.05) is 12.8 Å². The van der Waals surface area contributed by atoms with Crippen LogP contribution in [0.1, 0.15) is 63.1 Å². The second-order valence-electron chi connectivity index (χ2n) is 9.75. The minimum Gasteiger partial charge on any atom is -0.497 e. The van der Waals surface area contributed by atoms with Gasteiger partial charge in [-0.3, -0.25) is 9.78 Å². The number of likely N-dealkylation sites (tertiary alicyclic amines) is 1. The zero-order valence-corrected chi connectivity index (χ0v) is 20.9. The van der Waals surface area contributed by atoms with Crippen molar-refractivity contribution in [1.29, 1.82) is 0 Å². The van der Waals surface area contributed by atoms with Crippen LogP contribution in [0.15, 0.2) is 30.5 Å². The third-order valence-corrected chi connectivity index (χ3v) is 9.01. The molecule has 1 aromatic carbocycles. The molecule has 7 heteroatoms. The average Bonchev–Trinajstić information content (AvgIpc) is 3.38. The predicted molar refractivity (Wildman–Crippen MR) is 136 cm³/mol. The number of thioether (sulfide) groups is 1. The first-order chi connectivity index (χ1) is 16.5. The summed E-state index contributed by atoms with van der Waals surface area (Å²) in [6.07, 6.45) is 8.78. The molecule has 1 aliphatic heterocycles. The van der Waals surface area contributed by atoms with E-state index in [1.165, 1.54) is 25.7 Å². The highest BCUT2D eigenvalue weighted by Gasteiger charge is 2.34. The fourth-order valence-electron chi connectivity index (χ4n) is 5.55. The van der Waals surface area contributed by atoms with Crippen LogP contribution in [0.25, 0.3) is 10.9 Å². The van der Waals surface area contributed by atoms with Gasteiger partial charge in [0.15, 0.2) is 0 Å². The maximum Gasteiger partial charge on any atom is 0.308 e. The van der Waals surface area contributed by atoms with Crippen molar-refractivity contribution in [2.24, 2.45) is 11.8 Å². The summed E-state index contributed by atoms with van der Waals surface area (Å²) in [4.78, 5) is 18.7. The number of pyridine rings is 1. The molecule has 1 aliphatic carbocycles. The Labute approximate surface area is 206 Å². The van der Waals surface area contributed by atoms with Crippen LogP contribution in [0.2, 0.25) is 0 Å². The van der Waals surface area contributed by atoms with E-state index in [-0.39, 0.29) is 5.92 Å². The molecule has 1 saturated heterocycles. The second-order valence-corrected chi connectivity index (χ2v) is 11.2. The van der Waals surface area contributed by atoms with Gasteiger partial charge in [0.1, 0.15) is 11.9 Å². The van der Waals surface area contributed by atoms with Crippen molar-refractivity contribution >= 4 is 28.6 Å². The van der Waals surface area contributed by atoms with E-state index >= 15 is 4.39 Å². The van der Waals surface area contributed by atoms with Gasteiger partial charge in [0.25, 0.3) is 0 Å². The van der Waals surface area contributed by atoms with Crippen LogP contribution >= 0.6 is 11.8 Å². The highest BCUT2D eigenvalue weighted by atomic mass is 32.2. The first-order valence-electron chi connectivity index (χ1n) is 12.7. The predicted octanol–water partition coefficient (Wildman–Crippen LogP) is 6.12. The normalized spacial score (nSPS) is 22.8. The summed E-state index contributed by atoms with van der Waals surface area (Å²) in [6.45, 7) is 2.46. The van der Waals surface area contributed by atoms with Crippen LogP contribution in [0.4, 0.5) is 4.39 Å². The van der Waals surface area contributed by atoms with Crippen molar-refractivity contribution in [2.75, 3.05) is 32.5 Å². The molecule has 4 rings (SSSR count). The molecule has 0 unspecified atom stereocenters. The standard InChI is InChI=1S/C27H37FN2O3S/c1-33-20-8-10-26-23(17-20)22(11-13-29-26)25(28)9-7-19-12-15-30(18-24(19)27(31)32)14-4-16-34-21-5-2-3-6-21/h8,10-11,13,17,19,21,24-25H,2-7,9,12,14-16,18H2,1H3,(H,31,32)/t19-,24+,25-/m1/s1. The molecular formula is C27H37FN2O3S. The number of aliphatic carboxylic acids is 1. The highest BCUT2D eigenvalue weighted by Crippen LogP contribution is 2.36. The van der Waals surface area contributed by atoms with Gasteiger partial charge in [0.05, 0.1) is 18.5 Å². The number of halogens is 1. The van der Waals surface area contributed by atoms with Crippen LogP contribution in [-0.4, -0.2) is 58.7 Å². The molecule has 0 bridgehead atoms. The van der Waals surface area contributed by atoms with E-state index in [4.69, 9.17) is 4.74 Å². The second kappa shape index (κ2) is 12.2. The van der Waals surface area contributed by atoms with Crippen LogP contribution in [0.5, 0.6) is 5.75 Å². The number of hydrogen-bond donors (Lipinski definition) is 1. The molecular weight excluding hydrogens is 451 g/mol. The summed E-state index contributed by atoms with van der Waals surface area (Å²) in [6, 6.07) is 7.22. The van der Waals surface area contributed by atoms with E-state index in [2.05, 4.69) is 21.6 Å². The number of aromatic nitrogens is 1. The Bertz CT molecular complexity index is 953. The number of benzene rings is 1. The summed E-state index contributed by atoms with van der Waals surface area (Å²) in [5.41, 5.74) is 1.34. The lowest BCUT2D eigenvalue weighted by molar-refractivity contribution is -0.146. The lowest BCUT2D eigenvalue weighted by Gasteiger charge is -2.37. The Kier molecular flexibility index (Phi) is 9.06. The molecule has 186 valence electrons. The van der Waals surface area contributed by atoms with Gasteiger partial charge >= 0.3 is 5.97 Å². The fraction of sp³-hybridized carbons (Fsp3) is 0.630. The van der Waals surface area contributed by atoms with Crippen LogP contribution in [-0.2, 0) is 4.79 Å². The van der Waals surface area contributed by atoms with Gasteiger partial charge in [0.2, 0.25) is 0 Å². The Balaban J connectivity index is 1.29. The maximum atomic E-state index is 15.4. The van der Waals surface area contributed by atoms with Crippen molar-refractivity contribution in [1.82, 2.24) is 9.88 Å². The first kappa shape index (κ1) is 25.2. The summed E-state index contributed by atoms with van der Waals surface area (Å²) in [5.74, 6) is 0.690. The van der Waals surface area contributed by atoms with Gasteiger partial charge in [0, 0.05) is 23.4 Å². The van der Waals surface area contributed by atoms with Crippen molar-refractivity contribution in [3.63, 3.8) is 0 Å². The van der Waals surface area contributed by atoms with Crippen molar-refractivity contribution < 1.29 is 19.0 Å². The number of methoxy groups -OCH3 is 1. The summed E-state index contributed by atoms with van der Waals surface area (Å²) in [7, 11) is 1.59. The number of carbonyl (C=O) groups is 1. The first-order valence-corrected chi connectivity index (χ1v) is 13.7. The molecule has 0 amide bonds. The number of carboxylic acids is 1. The molecule has 2 heterocycles. The topological polar surface area (TPSA) is 62.7 Å². The molecule has 2 fully saturated rings. The largest absolute Gasteiger partial charge is 0.497 e. The van der Waals surface area contributed by atoms with E-state index < -0.39 is 18.1 Å². The number of ether oxygens (including phenoxy) is 1. The Morgan fingerprint density at radius 1 is 1.29 bits per heavy atom. The monoisotopic (exact) mass is 488 g/mol. The van der Waals surface area contributed by atoms with Gasteiger partial charge in [-0.2, -0.15) is 11.8 Å². The smallest absolute Gasteiger partial charge is 0.308 e. The molecule has 3 atom stereocenters. The molecule has 1 aromatic heterocycles. The van der Waals surface area contributed by atoms with Crippen molar-refractivity contribution in [3.05, 3.63) is 36.0 Å². The average molecular weight is 489 g/mol. The van der Waals surface area contributed by atoms with Gasteiger partial charge in [-0.25, -0.2) is 4.39 Å². The van der Waals surface area contributed by atoms with E-state index in [1.54, 1.807) is 19.4 Å². The molecule has 1 N–H and O–H groups in total. The number of rotatable bonds is 11. The van der Waals surface area contributed by atoms with Crippen LogP contribution in [0, 0.1) is 11.8 Å².